The highest BCUT2D eigenvalue weighted by Crippen LogP contribution is 2.15. The Hall–Kier alpha value is -2.44. The normalized spacial score (nSPS) is 15.2. The molecule has 0 aliphatic carbocycles. The Kier molecular flexibility index (Phi) is 5.46. The zero-order valence-electron chi connectivity index (χ0n) is 12.9. The molecule has 1 aromatic carbocycles. The first-order chi connectivity index (χ1) is 10.6. The molecule has 7 nitrogen and oxygen atoms in total. The smallest absolute Gasteiger partial charge is 0.409 e. The predicted molar refractivity (Wildman–Crippen MR) is 81.1 cm³/mol. The summed E-state index contributed by atoms with van der Waals surface area (Å²) in [6.07, 6.45) is -0.279. The number of carbonyl (C=O) groups is 2. The Bertz CT molecular complexity index is 548. The first-order valence-corrected chi connectivity index (χ1v) is 7.29. The number of carbonyl (C=O) groups excluding carboxylic acids is 2. The summed E-state index contributed by atoms with van der Waals surface area (Å²) in [6.45, 7) is 6.08. The van der Waals surface area contributed by atoms with Gasteiger partial charge in [-0.05, 0) is 38.1 Å². The molecule has 2 rings (SSSR count). The third-order valence-corrected chi connectivity index (χ3v) is 3.34. The van der Waals surface area contributed by atoms with Gasteiger partial charge in [-0.1, -0.05) is 5.22 Å². The van der Waals surface area contributed by atoms with Crippen LogP contribution in [0.1, 0.15) is 24.2 Å². The highest BCUT2D eigenvalue weighted by atomic mass is 16.6. The van der Waals surface area contributed by atoms with Gasteiger partial charge in [-0.2, -0.15) is 0 Å². The molecule has 1 saturated heterocycles. The highest BCUT2D eigenvalue weighted by molar-refractivity contribution is 5.94. The van der Waals surface area contributed by atoms with Crippen LogP contribution in [0.2, 0.25) is 0 Å². The van der Waals surface area contributed by atoms with E-state index in [1.165, 1.54) is 6.92 Å². The largest absolute Gasteiger partial charge is 0.450 e. The number of piperazine rings is 1. The fraction of sp³-hybridized carbons (Fsp3) is 0.467. The van der Waals surface area contributed by atoms with E-state index in [2.05, 4.69) is 10.3 Å². The maximum absolute atomic E-state index is 11.6. The number of amides is 1. The number of ketones is 1. The molecule has 7 heteroatoms. The van der Waals surface area contributed by atoms with E-state index in [0.29, 0.717) is 44.0 Å². The van der Waals surface area contributed by atoms with Crippen LogP contribution in [-0.2, 0) is 4.74 Å². The molecule has 1 aliphatic rings. The summed E-state index contributed by atoms with van der Waals surface area (Å²) in [5, 5.41) is 10.1. The Labute approximate surface area is 129 Å². The SMILES string of the molecule is CCOC(=O)N1CCN(N=Nc2ccc(C(C)=O)cc2)CC1. The number of hydrogen-bond acceptors (Lipinski definition) is 5. The molecular formula is C15H20N4O3. The summed E-state index contributed by atoms with van der Waals surface area (Å²) in [6, 6.07) is 6.98. The lowest BCUT2D eigenvalue weighted by atomic mass is 10.1. The number of rotatable bonds is 4. The zero-order valence-corrected chi connectivity index (χ0v) is 12.9. The van der Waals surface area contributed by atoms with Gasteiger partial charge in [-0.15, -0.1) is 5.11 Å². The van der Waals surface area contributed by atoms with Crippen molar-refractivity contribution in [3.05, 3.63) is 29.8 Å². The van der Waals surface area contributed by atoms with Gasteiger partial charge < -0.3 is 9.64 Å². The Morgan fingerprint density at radius 1 is 1.14 bits per heavy atom. The maximum atomic E-state index is 11.6. The third kappa shape index (κ3) is 4.28. The molecule has 0 radical (unpaired) electrons. The third-order valence-electron chi connectivity index (χ3n) is 3.34. The van der Waals surface area contributed by atoms with Crippen molar-refractivity contribution in [2.24, 2.45) is 10.3 Å². The lowest BCUT2D eigenvalue weighted by Gasteiger charge is -2.31. The van der Waals surface area contributed by atoms with Crippen molar-refractivity contribution >= 4 is 17.6 Å². The summed E-state index contributed by atoms with van der Waals surface area (Å²) in [5.74, 6) is 0.0265. The molecule has 0 spiro atoms. The van der Waals surface area contributed by atoms with E-state index in [0.717, 1.165) is 0 Å². The fourth-order valence-corrected chi connectivity index (χ4v) is 2.06. The summed E-state index contributed by atoms with van der Waals surface area (Å²) < 4.78 is 4.96. The molecule has 0 saturated carbocycles. The fourth-order valence-electron chi connectivity index (χ4n) is 2.06. The van der Waals surface area contributed by atoms with Crippen molar-refractivity contribution in [3.63, 3.8) is 0 Å². The molecule has 22 heavy (non-hydrogen) atoms. The first-order valence-electron chi connectivity index (χ1n) is 7.29. The molecule has 1 fully saturated rings. The van der Waals surface area contributed by atoms with Crippen molar-refractivity contribution in [2.45, 2.75) is 13.8 Å². The Morgan fingerprint density at radius 2 is 1.77 bits per heavy atom. The van der Waals surface area contributed by atoms with E-state index < -0.39 is 0 Å². The van der Waals surface area contributed by atoms with Crippen molar-refractivity contribution in [1.29, 1.82) is 0 Å². The molecule has 118 valence electrons. The van der Waals surface area contributed by atoms with Crippen LogP contribution < -0.4 is 0 Å². The van der Waals surface area contributed by atoms with Gasteiger partial charge in [-0.3, -0.25) is 9.80 Å². The van der Waals surface area contributed by atoms with Gasteiger partial charge in [0.2, 0.25) is 0 Å². The summed E-state index contributed by atoms with van der Waals surface area (Å²) in [7, 11) is 0. The van der Waals surface area contributed by atoms with E-state index in [1.54, 1.807) is 36.1 Å². The molecule has 0 aromatic heterocycles. The standard InChI is InChI=1S/C15H20N4O3/c1-3-22-15(21)18-8-10-19(11-9-18)17-16-14-6-4-13(5-7-14)12(2)20/h4-7H,3,8-11H2,1-2H3. The van der Waals surface area contributed by atoms with Gasteiger partial charge in [0.25, 0.3) is 0 Å². The maximum Gasteiger partial charge on any atom is 0.409 e. The van der Waals surface area contributed by atoms with Crippen molar-refractivity contribution in [3.8, 4) is 0 Å². The van der Waals surface area contributed by atoms with Gasteiger partial charge in [0, 0.05) is 18.7 Å². The minimum atomic E-state index is -0.279. The van der Waals surface area contributed by atoms with Gasteiger partial charge in [0.05, 0.1) is 25.4 Å². The molecule has 0 unspecified atom stereocenters. The molecule has 0 atom stereocenters. The van der Waals surface area contributed by atoms with Crippen LogP contribution in [-0.4, -0.2) is 54.6 Å². The van der Waals surface area contributed by atoms with E-state index in [1.807, 2.05) is 5.01 Å². The van der Waals surface area contributed by atoms with Crippen LogP contribution >= 0.6 is 0 Å². The molecule has 0 N–H and O–H groups in total. The second-order valence-electron chi connectivity index (χ2n) is 4.93. The highest BCUT2D eigenvalue weighted by Gasteiger charge is 2.21. The number of benzene rings is 1. The van der Waals surface area contributed by atoms with E-state index in [4.69, 9.17) is 4.74 Å². The average Bonchev–Trinajstić information content (AvgIpc) is 2.54. The molecule has 1 aromatic rings. The summed E-state index contributed by atoms with van der Waals surface area (Å²) in [5.41, 5.74) is 1.35. The topological polar surface area (TPSA) is 74.6 Å². The summed E-state index contributed by atoms with van der Waals surface area (Å²) in [4.78, 5) is 24.4. The van der Waals surface area contributed by atoms with Crippen LogP contribution in [0.25, 0.3) is 0 Å². The lowest BCUT2D eigenvalue weighted by molar-refractivity contribution is 0.0784. The molecule has 1 amide bonds. The van der Waals surface area contributed by atoms with Crippen LogP contribution in [0.5, 0.6) is 0 Å². The lowest BCUT2D eigenvalue weighted by Crippen LogP contribution is -2.46. The van der Waals surface area contributed by atoms with Crippen LogP contribution in [0.4, 0.5) is 10.5 Å². The van der Waals surface area contributed by atoms with Crippen molar-refractivity contribution < 1.29 is 14.3 Å². The van der Waals surface area contributed by atoms with Crippen LogP contribution in [0.15, 0.2) is 34.6 Å². The number of ether oxygens (including phenoxy) is 1. The monoisotopic (exact) mass is 304 g/mol. The minimum absolute atomic E-state index is 0.0265. The molecule has 0 bridgehead atoms. The van der Waals surface area contributed by atoms with E-state index in [9.17, 15) is 9.59 Å². The average molecular weight is 304 g/mol. The van der Waals surface area contributed by atoms with E-state index >= 15 is 0 Å². The number of hydrogen-bond donors (Lipinski definition) is 0. The Morgan fingerprint density at radius 3 is 2.32 bits per heavy atom. The van der Waals surface area contributed by atoms with Gasteiger partial charge >= 0.3 is 6.09 Å². The van der Waals surface area contributed by atoms with Gasteiger partial charge in [0.1, 0.15) is 0 Å². The molecular weight excluding hydrogens is 284 g/mol. The minimum Gasteiger partial charge on any atom is -0.450 e. The van der Waals surface area contributed by atoms with Crippen molar-refractivity contribution in [1.82, 2.24) is 9.91 Å². The Balaban J connectivity index is 1.85. The molecule has 1 heterocycles. The second-order valence-corrected chi connectivity index (χ2v) is 4.93. The predicted octanol–water partition coefficient (Wildman–Crippen LogP) is 2.66. The second kappa shape index (κ2) is 7.53. The summed E-state index contributed by atoms with van der Waals surface area (Å²) >= 11 is 0. The molecule has 1 aliphatic heterocycles. The number of Topliss-reactive ketones (excluding diaryl/α,β-unsaturated/α-hetero) is 1. The van der Waals surface area contributed by atoms with Crippen LogP contribution in [0.3, 0.4) is 0 Å². The first kappa shape index (κ1) is 15.9. The quantitative estimate of drug-likeness (QED) is 0.633. The van der Waals surface area contributed by atoms with E-state index in [-0.39, 0.29) is 11.9 Å². The van der Waals surface area contributed by atoms with Crippen molar-refractivity contribution in [2.75, 3.05) is 32.8 Å². The zero-order chi connectivity index (χ0) is 15.9. The van der Waals surface area contributed by atoms with Crippen LogP contribution in [0, 0.1) is 0 Å². The van der Waals surface area contributed by atoms with Gasteiger partial charge in [0.15, 0.2) is 5.78 Å². The number of nitrogens with zero attached hydrogens (tertiary/aromatic N) is 4. The van der Waals surface area contributed by atoms with Gasteiger partial charge in [-0.25, -0.2) is 4.79 Å².